The number of rotatable bonds is 4. The lowest BCUT2D eigenvalue weighted by Gasteiger charge is -2.20. The lowest BCUT2D eigenvalue weighted by atomic mass is 10.1. The first-order valence-electron chi connectivity index (χ1n) is 9.62. The first-order valence-corrected chi connectivity index (χ1v) is 11.1. The molecule has 6 nitrogen and oxygen atoms in total. The summed E-state index contributed by atoms with van der Waals surface area (Å²) in [5, 5.41) is 2.86. The number of hydrogen-bond acceptors (Lipinski definition) is 3. The molecule has 0 aliphatic carbocycles. The van der Waals surface area contributed by atoms with Crippen LogP contribution in [0.15, 0.2) is 47.4 Å². The van der Waals surface area contributed by atoms with Crippen LogP contribution in [0.3, 0.4) is 0 Å². The number of para-hydroxylation sites is 1. The number of hydrogen-bond donors (Lipinski definition) is 2. The zero-order valence-corrected chi connectivity index (χ0v) is 17.2. The van der Waals surface area contributed by atoms with Crippen LogP contribution >= 0.6 is 0 Å². The van der Waals surface area contributed by atoms with Gasteiger partial charge in [0.1, 0.15) is 0 Å². The average Bonchev–Trinajstić information content (AvgIpc) is 2.95. The Morgan fingerprint density at radius 1 is 0.893 bits per heavy atom. The van der Waals surface area contributed by atoms with Crippen molar-refractivity contribution >= 4 is 27.4 Å². The Morgan fingerprint density at radius 2 is 1.46 bits per heavy atom. The van der Waals surface area contributed by atoms with Crippen LogP contribution in [0.2, 0.25) is 0 Å². The minimum absolute atomic E-state index is 0.133. The van der Waals surface area contributed by atoms with Crippen LogP contribution in [-0.4, -0.2) is 32.4 Å². The van der Waals surface area contributed by atoms with Gasteiger partial charge in [-0.3, -0.25) is 4.72 Å². The Kier molecular flexibility index (Phi) is 6.24. The van der Waals surface area contributed by atoms with E-state index in [2.05, 4.69) is 10.0 Å². The number of urea groups is 1. The van der Waals surface area contributed by atoms with E-state index in [4.69, 9.17) is 0 Å². The average molecular weight is 402 g/mol. The van der Waals surface area contributed by atoms with Gasteiger partial charge in [-0.2, -0.15) is 0 Å². The zero-order valence-electron chi connectivity index (χ0n) is 16.4. The van der Waals surface area contributed by atoms with Gasteiger partial charge in [0.05, 0.1) is 10.6 Å². The molecule has 2 aromatic carbocycles. The molecule has 0 radical (unpaired) electrons. The van der Waals surface area contributed by atoms with E-state index in [0.717, 1.165) is 49.9 Å². The second-order valence-corrected chi connectivity index (χ2v) is 8.91. The number of anilines is 2. The van der Waals surface area contributed by atoms with Gasteiger partial charge in [-0.1, -0.05) is 31.0 Å². The molecule has 1 fully saturated rings. The van der Waals surface area contributed by atoms with E-state index in [0.29, 0.717) is 11.4 Å². The van der Waals surface area contributed by atoms with E-state index in [1.54, 1.807) is 12.1 Å². The van der Waals surface area contributed by atoms with E-state index < -0.39 is 10.0 Å². The van der Waals surface area contributed by atoms with Crippen molar-refractivity contribution in [2.75, 3.05) is 23.1 Å². The number of carbonyl (C=O) groups is 1. The molecule has 0 bridgehead atoms. The highest BCUT2D eigenvalue weighted by Crippen LogP contribution is 2.24. The second kappa shape index (κ2) is 8.65. The Bertz CT molecular complexity index is 912. The number of benzene rings is 2. The highest BCUT2D eigenvalue weighted by atomic mass is 32.2. The minimum Gasteiger partial charge on any atom is -0.325 e. The molecule has 0 unspecified atom stereocenters. The van der Waals surface area contributed by atoms with Crippen LogP contribution < -0.4 is 10.0 Å². The van der Waals surface area contributed by atoms with Crippen LogP contribution in [-0.2, 0) is 10.0 Å². The highest BCUT2D eigenvalue weighted by Gasteiger charge is 2.18. The molecular formula is C21H27N3O3S. The van der Waals surface area contributed by atoms with Gasteiger partial charge in [-0.25, -0.2) is 13.2 Å². The van der Waals surface area contributed by atoms with Gasteiger partial charge in [-0.15, -0.1) is 0 Å². The third-order valence-electron chi connectivity index (χ3n) is 5.03. The molecule has 7 heteroatoms. The molecule has 28 heavy (non-hydrogen) atoms. The lowest BCUT2D eigenvalue weighted by Crippen LogP contribution is -2.35. The Morgan fingerprint density at radius 3 is 2.04 bits per heavy atom. The summed E-state index contributed by atoms with van der Waals surface area (Å²) in [6.45, 7) is 5.26. The van der Waals surface area contributed by atoms with Gasteiger partial charge >= 0.3 is 6.03 Å². The van der Waals surface area contributed by atoms with E-state index >= 15 is 0 Å². The minimum atomic E-state index is -3.70. The fraction of sp³-hybridized carbons (Fsp3) is 0.381. The topological polar surface area (TPSA) is 78.5 Å². The number of carbonyl (C=O) groups excluding carboxylic acids is 1. The first kappa shape index (κ1) is 20.2. The van der Waals surface area contributed by atoms with Crippen molar-refractivity contribution in [2.45, 2.75) is 44.4 Å². The van der Waals surface area contributed by atoms with Gasteiger partial charge in [0, 0.05) is 18.8 Å². The summed E-state index contributed by atoms with van der Waals surface area (Å²) in [4.78, 5) is 14.4. The largest absolute Gasteiger partial charge is 0.325 e. The smallest absolute Gasteiger partial charge is 0.321 e. The summed E-state index contributed by atoms with van der Waals surface area (Å²) in [5.41, 5.74) is 2.91. The summed E-state index contributed by atoms with van der Waals surface area (Å²) in [6, 6.07) is 11.8. The molecule has 0 atom stereocenters. The van der Waals surface area contributed by atoms with Crippen LogP contribution in [0.4, 0.5) is 16.2 Å². The molecule has 1 aliphatic heterocycles. The third kappa shape index (κ3) is 4.84. The van der Waals surface area contributed by atoms with Crippen molar-refractivity contribution < 1.29 is 13.2 Å². The van der Waals surface area contributed by atoms with E-state index in [1.807, 2.05) is 36.9 Å². The molecule has 2 N–H and O–H groups in total. The maximum atomic E-state index is 12.7. The summed E-state index contributed by atoms with van der Waals surface area (Å²) in [7, 11) is -3.70. The maximum Gasteiger partial charge on any atom is 0.321 e. The number of amides is 2. The molecule has 150 valence electrons. The van der Waals surface area contributed by atoms with Crippen molar-refractivity contribution in [3.05, 3.63) is 53.6 Å². The summed E-state index contributed by atoms with van der Waals surface area (Å²) in [5.74, 6) is 0. The summed E-state index contributed by atoms with van der Waals surface area (Å²) < 4.78 is 28.1. The molecule has 2 aromatic rings. The van der Waals surface area contributed by atoms with Crippen molar-refractivity contribution in [1.82, 2.24) is 4.90 Å². The molecular weight excluding hydrogens is 374 g/mol. The standard InChI is InChI=1S/C21H27N3O3S/c1-16-8-7-9-17(2)20(16)23-28(26,27)19-12-10-18(11-13-19)22-21(25)24-14-5-3-4-6-15-24/h7-13,23H,3-6,14-15H2,1-2H3,(H,22,25). The maximum absolute atomic E-state index is 12.7. The Balaban J connectivity index is 1.70. The molecule has 0 spiro atoms. The van der Waals surface area contributed by atoms with Gasteiger partial charge in [0.15, 0.2) is 0 Å². The Hall–Kier alpha value is -2.54. The van der Waals surface area contributed by atoms with Gasteiger partial charge in [0.2, 0.25) is 0 Å². The number of sulfonamides is 1. The van der Waals surface area contributed by atoms with Gasteiger partial charge in [0.25, 0.3) is 10.0 Å². The second-order valence-electron chi connectivity index (χ2n) is 7.23. The summed E-state index contributed by atoms with van der Waals surface area (Å²) in [6.07, 6.45) is 4.36. The molecule has 0 aromatic heterocycles. The zero-order chi connectivity index (χ0) is 20.1. The summed E-state index contributed by atoms with van der Waals surface area (Å²) >= 11 is 0. The molecule has 0 saturated carbocycles. The third-order valence-corrected chi connectivity index (χ3v) is 6.39. The van der Waals surface area contributed by atoms with Crippen LogP contribution in [0.1, 0.15) is 36.8 Å². The van der Waals surface area contributed by atoms with Crippen molar-refractivity contribution in [3.8, 4) is 0 Å². The van der Waals surface area contributed by atoms with Crippen LogP contribution in [0.5, 0.6) is 0 Å². The lowest BCUT2D eigenvalue weighted by molar-refractivity contribution is 0.214. The molecule has 1 saturated heterocycles. The number of nitrogens with zero attached hydrogens (tertiary/aromatic N) is 1. The predicted octanol–water partition coefficient (Wildman–Crippen LogP) is 4.51. The molecule has 1 heterocycles. The van der Waals surface area contributed by atoms with Crippen LogP contribution in [0.25, 0.3) is 0 Å². The number of likely N-dealkylation sites (tertiary alicyclic amines) is 1. The number of nitrogens with one attached hydrogen (secondary N) is 2. The fourth-order valence-electron chi connectivity index (χ4n) is 3.36. The van der Waals surface area contributed by atoms with E-state index in [1.165, 1.54) is 12.1 Å². The monoisotopic (exact) mass is 401 g/mol. The molecule has 2 amide bonds. The fourth-order valence-corrected chi connectivity index (χ4v) is 4.57. The normalized spacial score (nSPS) is 15.0. The Labute approximate surface area is 167 Å². The van der Waals surface area contributed by atoms with Crippen molar-refractivity contribution in [3.63, 3.8) is 0 Å². The molecule has 3 rings (SSSR count). The van der Waals surface area contributed by atoms with E-state index in [-0.39, 0.29) is 10.9 Å². The predicted molar refractivity (Wildman–Crippen MR) is 112 cm³/mol. The number of aryl methyl sites for hydroxylation is 2. The quantitative estimate of drug-likeness (QED) is 0.791. The SMILES string of the molecule is Cc1cccc(C)c1NS(=O)(=O)c1ccc(NC(=O)N2CCCCCC2)cc1. The van der Waals surface area contributed by atoms with Gasteiger partial charge < -0.3 is 10.2 Å². The first-order chi connectivity index (χ1) is 13.4. The van der Waals surface area contributed by atoms with Crippen molar-refractivity contribution in [2.24, 2.45) is 0 Å². The van der Waals surface area contributed by atoms with E-state index in [9.17, 15) is 13.2 Å². The van der Waals surface area contributed by atoms with Crippen molar-refractivity contribution in [1.29, 1.82) is 0 Å². The van der Waals surface area contributed by atoms with Crippen LogP contribution in [0, 0.1) is 13.8 Å². The highest BCUT2D eigenvalue weighted by molar-refractivity contribution is 7.92. The molecule has 1 aliphatic rings. The van der Waals surface area contributed by atoms with Gasteiger partial charge in [-0.05, 0) is 62.1 Å².